The standard InChI is InChI=1S/C14H25N3O3S/c1-3-5-9-20-10-8-16-14-11-12(6-7-13(14)15)21(18,19)17-4-2/h6-7,11,16-17H,3-5,8-10,15H2,1-2H3. The molecule has 0 saturated heterocycles. The molecule has 6 nitrogen and oxygen atoms in total. The first-order valence-electron chi connectivity index (χ1n) is 7.22. The lowest BCUT2D eigenvalue weighted by Gasteiger charge is -2.12. The smallest absolute Gasteiger partial charge is 0.240 e. The van der Waals surface area contributed by atoms with Crippen LogP contribution in [0.1, 0.15) is 26.7 Å². The molecule has 0 saturated carbocycles. The van der Waals surface area contributed by atoms with Crippen molar-refractivity contribution in [1.29, 1.82) is 0 Å². The number of sulfonamides is 1. The minimum absolute atomic E-state index is 0.202. The van der Waals surface area contributed by atoms with Gasteiger partial charge in [-0.25, -0.2) is 13.1 Å². The molecule has 0 aliphatic heterocycles. The second-order valence-corrected chi connectivity index (χ2v) is 6.41. The van der Waals surface area contributed by atoms with Gasteiger partial charge in [0.25, 0.3) is 0 Å². The van der Waals surface area contributed by atoms with Gasteiger partial charge in [-0.3, -0.25) is 0 Å². The number of nitrogens with one attached hydrogen (secondary N) is 2. The minimum Gasteiger partial charge on any atom is -0.397 e. The molecule has 0 aliphatic rings. The van der Waals surface area contributed by atoms with Gasteiger partial charge in [0, 0.05) is 19.7 Å². The molecule has 0 spiro atoms. The summed E-state index contributed by atoms with van der Waals surface area (Å²) in [4.78, 5) is 0.202. The van der Waals surface area contributed by atoms with Crippen molar-refractivity contribution in [2.24, 2.45) is 0 Å². The molecule has 0 aromatic heterocycles. The Labute approximate surface area is 127 Å². The van der Waals surface area contributed by atoms with Crippen LogP contribution in [-0.2, 0) is 14.8 Å². The zero-order chi connectivity index (χ0) is 15.7. The second-order valence-electron chi connectivity index (χ2n) is 4.64. The fourth-order valence-electron chi connectivity index (χ4n) is 1.74. The molecule has 0 bridgehead atoms. The van der Waals surface area contributed by atoms with E-state index >= 15 is 0 Å². The number of benzene rings is 1. The molecule has 0 radical (unpaired) electrons. The summed E-state index contributed by atoms with van der Waals surface area (Å²) in [5.74, 6) is 0. The maximum absolute atomic E-state index is 11.9. The van der Waals surface area contributed by atoms with Gasteiger partial charge in [0.1, 0.15) is 0 Å². The molecule has 21 heavy (non-hydrogen) atoms. The highest BCUT2D eigenvalue weighted by Gasteiger charge is 2.14. The van der Waals surface area contributed by atoms with E-state index in [1.54, 1.807) is 19.1 Å². The predicted octanol–water partition coefficient (Wildman–Crippen LogP) is 1.80. The van der Waals surface area contributed by atoms with Crippen molar-refractivity contribution in [1.82, 2.24) is 4.72 Å². The van der Waals surface area contributed by atoms with Crippen molar-refractivity contribution in [3.63, 3.8) is 0 Å². The van der Waals surface area contributed by atoms with Crippen LogP contribution in [-0.4, -0.2) is 34.7 Å². The third-order valence-electron chi connectivity index (χ3n) is 2.87. The highest BCUT2D eigenvalue weighted by atomic mass is 32.2. The average molecular weight is 315 g/mol. The van der Waals surface area contributed by atoms with Crippen LogP contribution >= 0.6 is 0 Å². The third-order valence-corrected chi connectivity index (χ3v) is 4.42. The Morgan fingerprint density at radius 1 is 1.24 bits per heavy atom. The monoisotopic (exact) mass is 315 g/mol. The quantitative estimate of drug-likeness (QED) is 0.452. The van der Waals surface area contributed by atoms with E-state index in [-0.39, 0.29) is 4.90 Å². The van der Waals surface area contributed by atoms with Gasteiger partial charge in [-0.1, -0.05) is 20.3 Å². The number of ether oxygens (including phenoxy) is 1. The molecular weight excluding hydrogens is 290 g/mol. The van der Waals surface area contributed by atoms with E-state index in [4.69, 9.17) is 10.5 Å². The van der Waals surface area contributed by atoms with Crippen molar-refractivity contribution in [2.75, 3.05) is 37.4 Å². The van der Waals surface area contributed by atoms with Gasteiger partial charge in [0.15, 0.2) is 0 Å². The fourth-order valence-corrected chi connectivity index (χ4v) is 2.80. The van der Waals surface area contributed by atoms with Gasteiger partial charge in [0.2, 0.25) is 10.0 Å². The Balaban J connectivity index is 2.62. The summed E-state index contributed by atoms with van der Waals surface area (Å²) in [6.07, 6.45) is 2.14. The number of hydrogen-bond acceptors (Lipinski definition) is 5. The lowest BCUT2D eigenvalue weighted by Crippen LogP contribution is -2.23. The van der Waals surface area contributed by atoms with Gasteiger partial charge >= 0.3 is 0 Å². The molecule has 1 aromatic carbocycles. The molecule has 0 amide bonds. The van der Waals surface area contributed by atoms with Crippen LogP contribution in [0.2, 0.25) is 0 Å². The lowest BCUT2D eigenvalue weighted by atomic mass is 10.2. The number of hydrogen-bond donors (Lipinski definition) is 3. The predicted molar refractivity (Wildman–Crippen MR) is 85.9 cm³/mol. The molecule has 0 aliphatic carbocycles. The van der Waals surface area contributed by atoms with Crippen molar-refractivity contribution in [2.45, 2.75) is 31.6 Å². The summed E-state index contributed by atoms with van der Waals surface area (Å²) in [5.41, 5.74) is 6.97. The van der Waals surface area contributed by atoms with Gasteiger partial charge in [-0.05, 0) is 24.6 Å². The largest absolute Gasteiger partial charge is 0.397 e. The highest BCUT2D eigenvalue weighted by molar-refractivity contribution is 7.89. The van der Waals surface area contributed by atoms with Crippen molar-refractivity contribution in [3.05, 3.63) is 18.2 Å². The van der Waals surface area contributed by atoms with E-state index in [1.165, 1.54) is 6.07 Å². The normalized spacial score (nSPS) is 11.5. The average Bonchev–Trinajstić information content (AvgIpc) is 2.44. The van der Waals surface area contributed by atoms with Crippen LogP contribution in [0.4, 0.5) is 11.4 Å². The molecule has 0 atom stereocenters. The first-order valence-corrected chi connectivity index (χ1v) is 8.70. The fraction of sp³-hybridized carbons (Fsp3) is 0.571. The molecule has 0 unspecified atom stereocenters. The molecule has 120 valence electrons. The van der Waals surface area contributed by atoms with E-state index in [0.29, 0.717) is 31.1 Å². The molecule has 1 aromatic rings. The van der Waals surface area contributed by atoms with Crippen LogP contribution in [0, 0.1) is 0 Å². The van der Waals surface area contributed by atoms with Gasteiger partial charge < -0.3 is 15.8 Å². The van der Waals surface area contributed by atoms with Crippen molar-refractivity contribution < 1.29 is 13.2 Å². The molecular formula is C14H25N3O3S. The molecule has 0 heterocycles. The third kappa shape index (κ3) is 5.91. The van der Waals surface area contributed by atoms with E-state index in [2.05, 4.69) is 17.0 Å². The zero-order valence-electron chi connectivity index (χ0n) is 12.7. The van der Waals surface area contributed by atoms with E-state index in [0.717, 1.165) is 19.4 Å². The molecule has 1 rings (SSSR count). The Morgan fingerprint density at radius 3 is 2.67 bits per heavy atom. The van der Waals surface area contributed by atoms with Crippen LogP contribution in [0.5, 0.6) is 0 Å². The van der Waals surface area contributed by atoms with Crippen LogP contribution in [0.25, 0.3) is 0 Å². The van der Waals surface area contributed by atoms with E-state index < -0.39 is 10.0 Å². The Bertz CT molecular complexity index is 532. The summed E-state index contributed by atoms with van der Waals surface area (Å²) < 4.78 is 31.8. The number of anilines is 2. The minimum atomic E-state index is -3.47. The second kappa shape index (κ2) is 8.86. The first-order chi connectivity index (χ1) is 10.0. The number of unbranched alkanes of at least 4 members (excludes halogenated alkanes) is 1. The van der Waals surface area contributed by atoms with Gasteiger partial charge in [-0.2, -0.15) is 0 Å². The van der Waals surface area contributed by atoms with Crippen molar-refractivity contribution >= 4 is 21.4 Å². The summed E-state index contributed by atoms with van der Waals surface area (Å²) in [6, 6.07) is 4.63. The van der Waals surface area contributed by atoms with Gasteiger partial charge in [0.05, 0.1) is 22.9 Å². The Hall–Kier alpha value is -1.31. The Kier molecular flexibility index (Phi) is 7.49. The Morgan fingerprint density at radius 2 is 2.00 bits per heavy atom. The molecule has 7 heteroatoms. The summed E-state index contributed by atoms with van der Waals surface area (Å²) in [6.45, 7) is 6.08. The summed E-state index contributed by atoms with van der Waals surface area (Å²) in [7, 11) is -3.47. The van der Waals surface area contributed by atoms with Crippen LogP contribution in [0.3, 0.4) is 0 Å². The number of nitrogen functional groups attached to an aromatic ring is 1. The molecule has 4 N–H and O–H groups in total. The number of nitrogens with two attached hydrogens (primary N) is 1. The maximum atomic E-state index is 11.9. The lowest BCUT2D eigenvalue weighted by molar-refractivity contribution is 0.141. The van der Waals surface area contributed by atoms with E-state index in [9.17, 15) is 8.42 Å². The van der Waals surface area contributed by atoms with Crippen molar-refractivity contribution in [3.8, 4) is 0 Å². The number of rotatable bonds is 10. The summed E-state index contributed by atoms with van der Waals surface area (Å²) in [5, 5.41) is 3.10. The maximum Gasteiger partial charge on any atom is 0.240 e. The van der Waals surface area contributed by atoms with Crippen LogP contribution < -0.4 is 15.8 Å². The van der Waals surface area contributed by atoms with Gasteiger partial charge in [-0.15, -0.1) is 0 Å². The SMILES string of the molecule is CCCCOCCNc1cc(S(=O)(=O)NCC)ccc1N. The topological polar surface area (TPSA) is 93.4 Å². The van der Waals surface area contributed by atoms with E-state index in [1.807, 2.05) is 0 Å². The first kappa shape index (κ1) is 17.7. The summed E-state index contributed by atoms with van der Waals surface area (Å²) >= 11 is 0. The molecule has 0 fully saturated rings. The van der Waals surface area contributed by atoms with Crippen LogP contribution in [0.15, 0.2) is 23.1 Å². The highest BCUT2D eigenvalue weighted by Crippen LogP contribution is 2.22. The zero-order valence-corrected chi connectivity index (χ0v) is 13.5.